The first kappa shape index (κ1) is 16.1. The van der Waals surface area contributed by atoms with Crippen LogP contribution in [0.2, 0.25) is 0 Å². The lowest BCUT2D eigenvalue weighted by atomic mass is 10.3. The van der Waals surface area contributed by atoms with Gasteiger partial charge in [0.1, 0.15) is 11.5 Å². The highest BCUT2D eigenvalue weighted by molar-refractivity contribution is 7.99. The second-order valence-corrected chi connectivity index (χ2v) is 5.96. The summed E-state index contributed by atoms with van der Waals surface area (Å²) in [6, 6.07) is 9.20. The van der Waals surface area contributed by atoms with Gasteiger partial charge in [0.15, 0.2) is 5.16 Å². The van der Waals surface area contributed by atoms with Crippen molar-refractivity contribution in [3.8, 4) is 0 Å². The second kappa shape index (κ2) is 6.79. The Labute approximate surface area is 140 Å². The molecule has 0 fully saturated rings. The average molecular weight is 344 g/mol. The number of hydrogen-bond acceptors (Lipinski definition) is 5. The Bertz CT molecular complexity index is 974. The van der Waals surface area contributed by atoms with Gasteiger partial charge in [-0.1, -0.05) is 23.9 Å². The highest BCUT2D eigenvalue weighted by Crippen LogP contribution is 2.15. The number of rotatable bonds is 4. The molecule has 0 aliphatic carbocycles. The van der Waals surface area contributed by atoms with Crippen molar-refractivity contribution in [2.45, 2.75) is 12.1 Å². The van der Waals surface area contributed by atoms with E-state index in [4.69, 9.17) is 0 Å². The summed E-state index contributed by atoms with van der Waals surface area (Å²) < 4.78 is 14.4. The van der Waals surface area contributed by atoms with Crippen LogP contribution in [-0.2, 0) is 4.79 Å². The fraction of sp³-hybridized carbons (Fsp3) is 0.125. The van der Waals surface area contributed by atoms with Crippen LogP contribution in [0.3, 0.4) is 0 Å². The number of pyridine rings is 1. The number of carbonyl (C=O) groups is 1. The summed E-state index contributed by atoms with van der Waals surface area (Å²) in [7, 11) is 0. The van der Waals surface area contributed by atoms with Crippen molar-refractivity contribution < 1.29 is 9.18 Å². The number of nitrogens with one attached hydrogen (secondary N) is 1. The maximum absolute atomic E-state index is 13.1. The number of hydrogen-bond donors (Lipinski definition) is 1. The van der Waals surface area contributed by atoms with Gasteiger partial charge in [0.25, 0.3) is 0 Å². The first-order chi connectivity index (χ1) is 11.5. The molecular formula is C16H13FN4O2S. The van der Waals surface area contributed by atoms with Crippen LogP contribution in [-0.4, -0.2) is 26.0 Å². The Morgan fingerprint density at radius 1 is 1.29 bits per heavy atom. The normalized spacial score (nSPS) is 10.8. The van der Waals surface area contributed by atoms with E-state index in [2.05, 4.69) is 15.3 Å². The lowest BCUT2D eigenvalue weighted by Gasteiger charge is -2.06. The van der Waals surface area contributed by atoms with E-state index in [-0.39, 0.29) is 16.8 Å². The molecule has 0 aliphatic heterocycles. The smallest absolute Gasteiger partial charge is 0.325 e. The molecule has 0 aliphatic rings. The fourth-order valence-corrected chi connectivity index (χ4v) is 2.74. The largest absolute Gasteiger partial charge is 0.355 e. The number of anilines is 1. The summed E-state index contributed by atoms with van der Waals surface area (Å²) in [5, 5.41) is 2.80. The first-order valence-corrected chi connectivity index (χ1v) is 8.06. The third-order valence-corrected chi connectivity index (χ3v) is 4.05. The third-order valence-electron chi connectivity index (χ3n) is 3.20. The Morgan fingerprint density at radius 3 is 2.92 bits per heavy atom. The minimum atomic E-state index is -0.447. The molecule has 0 unspecified atom stereocenters. The summed E-state index contributed by atoms with van der Waals surface area (Å²) in [5.41, 5.74) is 1.27. The lowest BCUT2D eigenvalue weighted by Crippen LogP contribution is -2.20. The van der Waals surface area contributed by atoms with Crippen molar-refractivity contribution in [2.24, 2.45) is 0 Å². The zero-order valence-corrected chi connectivity index (χ0v) is 13.5. The fourth-order valence-electron chi connectivity index (χ4n) is 2.11. The number of amides is 1. The molecule has 0 saturated carbocycles. The second-order valence-electron chi connectivity index (χ2n) is 5.02. The van der Waals surface area contributed by atoms with E-state index in [1.807, 2.05) is 13.0 Å². The predicted molar refractivity (Wildman–Crippen MR) is 89.7 cm³/mol. The molecule has 2 aromatic heterocycles. The van der Waals surface area contributed by atoms with Crippen LogP contribution in [0.1, 0.15) is 5.56 Å². The quantitative estimate of drug-likeness (QED) is 0.735. The number of aryl methyl sites for hydroxylation is 1. The average Bonchev–Trinajstić information content (AvgIpc) is 2.54. The number of halogens is 1. The van der Waals surface area contributed by atoms with Crippen LogP contribution in [0, 0.1) is 12.7 Å². The minimum absolute atomic E-state index is 0.0119. The number of benzene rings is 1. The van der Waals surface area contributed by atoms with Crippen molar-refractivity contribution in [3.63, 3.8) is 0 Å². The van der Waals surface area contributed by atoms with Gasteiger partial charge in [0.05, 0.1) is 5.75 Å². The molecule has 1 aromatic carbocycles. The molecule has 3 rings (SSSR count). The van der Waals surface area contributed by atoms with E-state index < -0.39 is 11.5 Å². The Hall–Kier alpha value is -2.74. The predicted octanol–water partition coefficient (Wildman–Crippen LogP) is 2.27. The summed E-state index contributed by atoms with van der Waals surface area (Å²) >= 11 is 1.05. The summed E-state index contributed by atoms with van der Waals surface area (Å²) in [4.78, 5) is 32.1. The highest BCUT2D eigenvalue weighted by Gasteiger charge is 2.09. The number of nitrogens with zero attached hydrogens (tertiary/aromatic N) is 3. The van der Waals surface area contributed by atoms with E-state index in [9.17, 15) is 14.0 Å². The molecule has 0 radical (unpaired) electrons. The number of aromatic nitrogens is 3. The Balaban J connectivity index is 1.72. The summed E-state index contributed by atoms with van der Waals surface area (Å²) in [6.45, 7) is 1.84. The van der Waals surface area contributed by atoms with Crippen LogP contribution in [0.25, 0.3) is 5.65 Å². The Kier molecular flexibility index (Phi) is 4.57. The van der Waals surface area contributed by atoms with Crippen molar-refractivity contribution in [2.75, 3.05) is 11.1 Å². The zero-order valence-electron chi connectivity index (χ0n) is 12.7. The molecule has 0 saturated heterocycles. The van der Waals surface area contributed by atoms with Crippen LogP contribution in [0.4, 0.5) is 10.1 Å². The molecule has 0 bridgehead atoms. The van der Waals surface area contributed by atoms with E-state index in [1.54, 1.807) is 18.3 Å². The molecule has 0 atom stereocenters. The van der Waals surface area contributed by atoms with Crippen LogP contribution >= 0.6 is 11.8 Å². The Morgan fingerprint density at radius 2 is 2.12 bits per heavy atom. The topological polar surface area (TPSA) is 76.4 Å². The van der Waals surface area contributed by atoms with Gasteiger partial charge in [-0.25, -0.2) is 14.2 Å². The van der Waals surface area contributed by atoms with Gasteiger partial charge in [0, 0.05) is 11.9 Å². The molecule has 2 heterocycles. The molecular weight excluding hydrogens is 331 g/mol. The molecule has 6 nitrogen and oxygen atoms in total. The molecule has 3 aromatic rings. The van der Waals surface area contributed by atoms with Gasteiger partial charge in [0.2, 0.25) is 5.91 Å². The lowest BCUT2D eigenvalue weighted by molar-refractivity contribution is -0.113. The zero-order chi connectivity index (χ0) is 17.1. The molecule has 24 heavy (non-hydrogen) atoms. The molecule has 8 heteroatoms. The van der Waals surface area contributed by atoms with Gasteiger partial charge < -0.3 is 5.32 Å². The van der Waals surface area contributed by atoms with Gasteiger partial charge in [-0.2, -0.15) is 4.98 Å². The minimum Gasteiger partial charge on any atom is -0.325 e. The van der Waals surface area contributed by atoms with E-state index >= 15 is 0 Å². The van der Waals surface area contributed by atoms with Gasteiger partial charge >= 0.3 is 5.69 Å². The SMILES string of the molecule is Cc1cccn2c(=O)nc(SCC(=O)Nc3cccc(F)c3)nc12. The maximum Gasteiger partial charge on any atom is 0.355 e. The summed E-state index contributed by atoms with van der Waals surface area (Å²) in [5.74, 6) is -0.751. The van der Waals surface area contributed by atoms with Crippen LogP contribution in [0.5, 0.6) is 0 Å². The van der Waals surface area contributed by atoms with Crippen LogP contribution < -0.4 is 11.0 Å². The molecule has 1 amide bonds. The van der Waals surface area contributed by atoms with Crippen molar-refractivity contribution in [1.29, 1.82) is 0 Å². The highest BCUT2D eigenvalue weighted by atomic mass is 32.2. The van der Waals surface area contributed by atoms with Crippen molar-refractivity contribution in [1.82, 2.24) is 14.4 Å². The van der Waals surface area contributed by atoms with Gasteiger partial charge in [-0.15, -0.1) is 0 Å². The number of carbonyl (C=O) groups excluding carboxylic acids is 1. The van der Waals surface area contributed by atoms with E-state index in [1.165, 1.54) is 22.6 Å². The third kappa shape index (κ3) is 3.60. The number of thioether (sulfide) groups is 1. The van der Waals surface area contributed by atoms with Gasteiger partial charge in [-0.3, -0.25) is 9.20 Å². The van der Waals surface area contributed by atoms with Crippen molar-refractivity contribution in [3.05, 3.63) is 64.5 Å². The monoisotopic (exact) mass is 344 g/mol. The number of fused-ring (bicyclic) bond motifs is 1. The first-order valence-electron chi connectivity index (χ1n) is 7.07. The van der Waals surface area contributed by atoms with E-state index in [0.29, 0.717) is 11.3 Å². The molecule has 1 N–H and O–H groups in total. The van der Waals surface area contributed by atoms with Gasteiger partial charge in [-0.05, 0) is 36.8 Å². The summed E-state index contributed by atoms with van der Waals surface area (Å²) in [6.07, 6.45) is 1.59. The molecule has 0 spiro atoms. The maximum atomic E-state index is 13.1. The van der Waals surface area contributed by atoms with E-state index in [0.717, 1.165) is 17.3 Å². The standard InChI is InChI=1S/C16H13FN4O2S/c1-10-4-3-7-21-14(10)19-15(20-16(21)23)24-9-13(22)18-12-6-2-5-11(17)8-12/h2-8H,9H2,1H3,(H,18,22). The van der Waals surface area contributed by atoms with Crippen molar-refractivity contribution >= 4 is 29.0 Å². The molecule has 122 valence electrons. The van der Waals surface area contributed by atoms with Crippen LogP contribution in [0.15, 0.2) is 52.5 Å².